The van der Waals surface area contributed by atoms with Crippen LogP contribution in [0, 0.1) is 5.41 Å². The second-order valence-electron chi connectivity index (χ2n) is 6.62. The minimum absolute atomic E-state index is 0.0567. The second-order valence-corrected chi connectivity index (χ2v) is 8.93. The van der Waals surface area contributed by atoms with Crippen molar-refractivity contribution in [3.05, 3.63) is 35.9 Å². The molecule has 1 aromatic rings. The quantitative estimate of drug-likeness (QED) is 0.916. The van der Waals surface area contributed by atoms with Crippen molar-refractivity contribution in [2.75, 3.05) is 31.1 Å². The van der Waals surface area contributed by atoms with Crippen LogP contribution in [0.5, 0.6) is 0 Å². The Labute approximate surface area is 132 Å². The molecule has 0 bridgehead atoms. The lowest BCUT2D eigenvalue weighted by Crippen LogP contribution is -2.50. The number of hydrogen-bond acceptors (Lipinski definition) is 3. The minimum Gasteiger partial charge on any atom is -0.337 e. The summed E-state index contributed by atoms with van der Waals surface area (Å²) in [5.74, 6) is 0.127. The van der Waals surface area contributed by atoms with Crippen molar-refractivity contribution < 1.29 is 13.2 Å². The number of benzene rings is 1. The smallest absolute Gasteiger partial charge is 0.317 e. The van der Waals surface area contributed by atoms with Gasteiger partial charge in [-0.25, -0.2) is 13.2 Å². The van der Waals surface area contributed by atoms with Gasteiger partial charge < -0.3 is 10.2 Å². The van der Waals surface area contributed by atoms with Crippen LogP contribution < -0.4 is 5.32 Å². The van der Waals surface area contributed by atoms with Gasteiger partial charge in [-0.15, -0.1) is 0 Å². The fraction of sp³-hybridized carbons (Fsp3) is 0.562. The van der Waals surface area contributed by atoms with E-state index >= 15 is 0 Å². The van der Waals surface area contributed by atoms with Crippen molar-refractivity contribution in [2.45, 2.75) is 20.3 Å². The molecule has 1 aliphatic rings. The maximum absolute atomic E-state index is 12.1. The number of nitrogens with one attached hydrogen (secondary N) is 1. The maximum Gasteiger partial charge on any atom is 0.317 e. The SMILES string of the molecule is CC(C)(CNC(=O)N1CCS(=O)(=O)CC1)Cc1ccccc1. The zero-order valence-corrected chi connectivity index (χ0v) is 14.0. The van der Waals surface area contributed by atoms with Gasteiger partial charge in [0.1, 0.15) is 0 Å². The lowest BCUT2D eigenvalue weighted by atomic mass is 9.86. The summed E-state index contributed by atoms with van der Waals surface area (Å²) in [5, 5.41) is 2.93. The molecule has 0 aliphatic carbocycles. The van der Waals surface area contributed by atoms with Gasteiger partial charge in [-0.1, -0.05) is 44.2 Å². The molecule has 0 unspecified atom stereocenters. The van der Waals surface area contributed by atoms with Gasteiger partial charge in [0, 0.05) is 19.6 Å². The first-order chi connectivity index (χ1) is 10.3. The average Bonchev–Trinajstić information content (AvgIpc) is 2.45. The summed E-state index contributed by atoms with van der Waals surface area (Å²) in [5.41, 5.74) is 1.18. The van der Waals surface area contributed by atoms with Crippen LogP contribution >= 0.6 is 0 Å². The van der Waals surface area contributed by atoms with E-state index in [1.807, 2.05) is 18.2 Å². The first-order valence-electron chi connectivity index (χ1n) is 7.55. The second kappa shape index (κ2) is 6.69. The highest BCUT2D eigenvalue weighted by Crippen LogP contribution is 2.20. The summed E-state index contributed by atoms with van der Waals surface area (Å²) in [7, 11) is -2.95. The van der Waals surface area contributed by atoms with Crippen LogP contribution in [0.1, 0.15) is 19.4 Å². The summed E-state index contributed by atoms with van der Waals surface area (Å²) >= 11 is 0. The van der Waals surface area contributed by atoms with Gasteiger partial charge in [0.15, 0.2) is 9.84 Å². The number of sulfone groups is 1. The van der Waals surface area contributed by atoms with Crippen molar-refractivity contribution in [3.8, 4) is 0 Å². The number of hydrogen-bond donors (Lipinski definition) is 1. The van der Waals surface area contributed by atoms with Gasteiger partial charge in [0.05, 0.1) is 11.5 Å². The average molecular weight is 324 g/mol. The van der Waals surface area contributed by atoms with Crippen LogP contribution in [-0.2, 0) is 16.3 Å². The fourth-order valence-corrected chi connectivity index (χ4v) is 3.75. The van der Waals surface area contributed by atoms with E-state index in [1.165, 1.54) is 5.56 Å². The Morgan fingerprint density at radius 1 is 1.18 bits per heavy atom. The molecule has 1 aliphatic heterocycles. The van der Waals surface area contributed by atoms with E-state index in [1.54, 1.807) is 4.90 Å². The largest absolute Gasteiger partial charge is 0.337 e. The number of urea groups is 1. The first kappa shape index (κ1) is 16.8. The van der Waals surface area contributed by atoms with Crippen LogP contribution in [-0.4, -0.2) is 50.5 Å². The molecule has 1 saturated heterocycles. The van der Waals surface area contributed by atoms with E-state index in [9.17, 15) is 13.2 Å². The Hall–Kier alpha value is -1.56. The topological polar surface area (TPSA) is 66.5 Å². The fourth-order valence-electron chi connectivity index (χ4n) is 2.55. The molecule has 122 valence electrons. The van der Waals surface area contributed by atoms with Gasteiger partial charge in [-0.3, -0.25) is 0 Å². The summed E-state index contributed by atoms with van der Waals surface area (Å²) in [6.07, 6.45) is 0.877. The van der Waals surface area contributed by atoms with Gasteiger partial charge in [0.2, 0.25) is 0 Å². The molecular formula is C16H24N2O3S. The Balaban J connectivity index is 1.82. The molecule has 5 nitrogen and oxygen atoms in total. The Kier molecular flexibility index (Phi) is 5.11. The molecule has 0 aromatic heterocycles. The van der Waals surface area contributed by atoms with E-state index in [0.29, 0.717) is 6.54 Å². The molecule has 2 rings (SSSR count). The van der Waals surface area contributed by atoms with Crippen LogP contribution in [0.3, 0.4) is 0 Å². The molecule has 1 heterocycles. The molecule has 0 spiro atoms. The van der Waals surface area contributed by atoms with Crippen molar-refractivity contribution in [2.24, 2.45) is 5.41 Å². The molecule has 22 heavy (non-hydrogen) atoms. The van der Waals surface area contributed by atoms with Crippen molar-refractivity contribution in [1.82, 2.24) is 10.2 Å². The van der Waals surface area contributed by atoms with Gasteiger partial charge >= 0.3 is 6.03 Å². The summed E-state index contributed by atoms with van der Waals surface area (Å²) in [6.45, 7) is 5.35. The Morgan fingerprint density at radius 2 is 1.77 bits per heavy atom. The lowest BCUT2D eigenvalue weighted by molar-refractivity contribution is 0.195. The summed E-state index contributed by atoms with van der Waals surface area (Å²) in [4.78, 5) is 13.7. The van der Waals surface area contributed by atoms with Crippen molar-refractivity contribution in [3.63, 3.8) is 0 Å². The van der Waals surface area contributed by atoms with Crippen LogP contribution in [0.15, 0.2) is 30.3 Å². The van der Waals surface area contributed by atoms with Gasteiger partial charge in [-0.05, 0) is 17.4 Å². The standard InChI is InChI=1S/C16H24N2O3S/c1-16(2,12-14-6-4-3-5-7-14)13-17-15(19)18-8-10-22(20,21)11-9-18/h3-7H,8-13H2,1-2H3,(H,17,19). The zero-order chi connectivity index (χ0) is 16.2. The van der Waals surface area contributed by atoms with E-state index in [4.69, 9.17) is 0 Å². The third-order valence-electron chi connectivity index (χ3n) is 3.88. The Morgan fingerprint density at radius 3 is 2.36 bits per heavy atom. The molecule has 1 aromatic carbocycles. The molecule has 1 fully saturated rings. The number of carbonyl (C=O) groups excluding carboxylic acids is 1. The monoisotopic (exact) mass is 324 g/mol. The number of carbonyl (C=O) groups is 1. The predicted molar refractivity (Wildman–Crippen MR) is 87.6 cm³/mol. The molecule has 0 saturated carbocycles. The van der Waals surface area contributed by atoms with E-state index in [2.05, 4.69) is 31.3 Å². The van der Waals surface area contributed by atoms with Crippen molar-refractivity contribution >= 4 is 15.9 Å². The third-order valence-corrected chi connectivity index (χ3v) is 5.48. The highest BCUT2D eigenvalue weighted by Gasteiger charge is 2.26. The zero-order valence-electron chi connectivity index (χ0n) is 13.2. The predicted octanol–water partition coefficient (Wildman–Crippen LogP) is 1.70. The highest BCUT2D eigenvalue weighted by atomic mass is 32.2. The van der Waals surface area contributed by atoms with Crippen LogP contribution in [0.2, 0.25) is 0 Å². The van der Waals surface area contributed by atoms with E-state index in [0.717, 1.165) is 6.42 Å². The van der Waals surface area contributed by atoms with Crippen LogP contribution in [0.25, 0.3) is 0 Å². The molecule has 2 amide bonds. The summed E-state index contributed by atoms with van der Waals surface area (Å²) < 4.78 is 22.8. The third kappa shape index (κ3) is 5.02. The highest BCUT2D eigenvalue weighted by molar-refractivity contribution is 7.91. The minimum atomic E-state index is -2.95. The molecular weight excluding hydrogens is 300 g/mol. The van der Waals surface area contributed by atoms with Crippen LogP contribution in [0.4, 0.5) is 4.79 Å². The Bertz CT molecular complexity index is 598. The molecule has 6 heteroatoms. The van der Waals surface area contributed by atoms with E-state index < -0.39 is 9.84 Å². The van der Waals surface area contributed by atoms with Gasteiger partial charge in [-0.2, -0.15) is 0 Å². The van der Waals surface area contributed by atoms with Gasteiger partial charge in [0.25, 0.3) is 0 Å². The number of rotatable bonds is 4. The normalized spacial score (nSPS) is 18.0. The number of nitrogens with zero attached hydrogens (tertiary/aromatic N) is 1. The molecule has 1 N–H and O–H groups in total. The maximum atomic E-state index is 12.1. The first-order valence-corrected chi connectivity index (χ1v) is 9.37. The van der Waals surface area contributed by atoms with E-state index in [-0.39, 0.29) is 36.0 Å². The molecule has 0 atom stereocenters. The lowest BCUT2D eigenvalue weighted by Gasteiger charge is -2.30. The number of amides is 2. The molecule has 0 radical (unpaired) electrons. The summed E-state index contributed by atoms with van der Waals surface area (Å²) in [6, 6.07) is 10.0. The van der Waals surface area contributed by atoms with Crippen molar-refractivity contribution in [1.29, 1.82) is 0 Å².